The number of ether oxygens (including phenoxy) is 2. The van der Waals surface area contributed by atoms with Gasteiger partial charge in [-0.2, -0.15) is 0 Å². The van der Waals surface area contributed by atoms with Crippen LogP contribution >= 0.6 is 0 Å². The lowest BCUT2D eigenvalue weighted by molar-refractivity contribution is -0.0218. The van der Waals surface area contributed by atoms with Gasteiger partial charge in [0.05, 0.1) is 19.8 Å². The van der Waals surface area contributed by atoms with Crippen molar-refractivity contribution in [3.8, 4) is 0 Å². The third-order valence-electron chi connectivity index (χ3n) is 5.51. The average Bonchev–Trinajstić information content (AvgIpc) is 3.37. The lowest BCUT2D eigenvalue weighted by Crippen LogP contribution is -2.29. The van der Waals surface area contributed by atoms with E-state index in [9.17, 15) is 0 Å². The third kappa shape index (κ3) is 3.42. The summed E-state index contributed by atoms with van der Waals surface area (Å²) in [6, 6.07) is 21.2. The molecule has 1 heterocycles. The summed E-state index contributed by atoms with van der Waals surface area (Å²) in [6.45, 7) is 6.56. The maximum absolute atomic E-state index is 6.21. The minimum Gasteiger partial charge on any atom is -0.374 e. The second-order valence-electron chi connectivity index (χ2n) is 7.40. The molecule has 0 aromatic heterocycles. The van der Waals surface area contributed by atoms with E-state index in [0.29, 0.717) is 31.0 Å². The molecule has 1 aliphatic carbocycles. The van der Waals surface area contributed by atoms with Gasteiger partial charge in [-0.05, 0) is 48.3 Å². The van der Waals surface area contributed by atoms with Crippen molar-refractivity contribution in [1.29, 1.82) is 0 Å². The van der Waals surface area contributed by atoms with Gasteiger partial charge in [0, 0.05) is 0 Å². The van der Waals surface area contributed by atoms with Gasteiger partial charge in [-0.3, -0.25) is 0 Å². The zero-order valence-electron chi connectivity index (χ0n) is 15.0. The van der Waals surface area contributed by atoms with Crippen LogP contribution in [-0.2, 0) is 16.1 Å². The summed E-state index contributed by atoms with van der Waals surface area (Å²) in [4.78, 5) is 0. The molecule has 0 amide bonds. The molecule has 0 bridgehead atoms. The maximum atomic E-state index is 6.21. The molecule has 1 aliphatic heterocycles. The van der Waals surface area contributed by atoms with Crippen LogP contribution in [0.4, 0.5) is 0 Å². The zero-order chi connectivity index (χ0) is 17.2. The summed E-state index contributed by atoms with van der Waals surface area (Å²) in [5, 5.41) is 0. The summed E-state index contributed by atoms with van der Waals surface area (Å²) in [5.74, 6) is 1.88. The Morgan fingerprint density at radius 2 is 1.64 bits per heavy atom. The van der Waals surface area contributed by atoms with Crippen molar-refractivity contribution in [2.45, 2.75) is 32.5 Å². The smallest absolute Gasteiger partial charge is 0.102 e. The second-order valence-corrected chi connectivity index (χ2v) is 7.40. The average molecular weight is 334 g/mol. The van der Waals surface area contributed by atoms with Gasteiger partial charge in [0.15, 0.2) is 0 Å². The summed E-state index contributed by atoms with van der Waals surface area (Å²) in [7, 11) is 0. The van der Waals surface area contributed by atoms with Crippen LogP contribution in [0.15, 0.2) is 71.8 Å². The van der Waals surface area contributed by atoms with Gasteiger partial charge in [-0.25, -0.2) is 0 Å². The molecule has 4 atom stereocenters. The van der Waals surface area contributed by atoms with Crippen LogP contribution in [0.2, 0.25) is 0 Å². The molecule has 1 saturated carbocycles. The number of allylic oxidation sites excluding steroid dienone is 1. The molecule has 4 rings (SSSR count). The van der Waals surface area contributed by atoms with Crippen LogP contribution < -0.4 is 0 Å². The molecule has 130 valence electrons. The van der Waals surface area contributed by atoms with Crippen LogP contribution in [0.1, 0.15) is 30.9 Å². The van der Waals surface area contributed by atoms with Crippen LogP contribution in [-0.4, -0.2) is 19.3 Å². The normalized spacial score (nSPS) is 27.7. The van der Waals surface area contributed by atoms with Crippen molar-refractivity contribution < 1.29 is 9.47 Å². The molecule has 25 heavy (non-hydrogen) atoms. The van der Waals surface area contributed by atoms with Gasteiger partial charge in [-0.1, -0.05) is 66.2 Å². The lowest BCUT2D eigenvalue weighted by Gasteiger charge is -2.27. The van der Waals surface area contributed by atoms with Crippen molar-refractivity contribution in [1.82, 2.24) is 0 Å². The van der Waals surface area contributed by atoms with E-state index < -0.39 is 0 Å². The predicted octanol–water partition coefficient (Wildman–Crippen LogP) is 4.97. The van der Waals surface area contributed by atoms with Gasteiger partial charge >= 0.3 is 0 Å². The summed E-state index contributed by atoms with van der Waals surface area (Å²) >= 11 is 0. The van der Waals surface area contributed by atoms with Crippen LogP contribution in [0.3, 0.4) is 0 Å². The highest BCUT2D eigenvalue weighted by Gasteiger charge is 2.57. The van der Waals surface area contributed by atoms with E-state index in [1.54, 1.807) is 0 Å². The predicted molar refractivity (Wildman–Crippen MR) is 100 cm³/mol. The lowest BCUT2D eigenvalue weighted by atomic mass is 9.95. The van der Waals surface area contributed by atoms with E-state index in [0.717, 1.165) is 6.61 Å². The van der Waals surface area contributed by atoms with Crippen molar-refractivity contribution in [2.24, 2.45) is 11.8 Å². The summed E-state index contributed by atoms with van der Waals surface area (Å²) in [5.41, 5.74) is 5.52. The number of hydrogen-bond acceptors (Lipinski definition) is 2. The molecule has 2 aromatic rings. The van der Waals surface area contributed by atoms with Crippen LogP contribution in [0.25, 0.3) is 0 Å². The van der Waals surface area contributed by atoms with Gasteiger partial charge in [-0.15, -0.1) is 0 Å². The SMILES string of the molecule is CC(C)=C1[C@H]2[C@@H](CO[C@H]1COCc1ccccc1)[C@@H]2c1ccccc1. The second kappa shape index (κ2) is 7.15. The minimum atomic E-state index is 0.101. The first-order chi connectivity index (χ1) is 12.3. The largest absolute Gasteiger partial charge is 0.374 e. The summed E-state index contributed by atoms with van der Waals surface area (Å²) in [6.07, 6.45) is 0.101. The summed E-state index contributed by atoms with van der Waals surface area (Å²) < 4.78 is 12.2. The Hall–Kier alpha value is -1.90. The van der Waals surface area contributed by atoms with E-state index >= 15 is 0 Å². The van der Waals surface area contributed by atoms with Crippen molar-refractivity contribution in [3.63, 3.8) is 0 Å². The van der Waals surface area contributed by atoms with Gasteiger partial charge in [0.1, 0.15) is 6.10 Å². The van der Waals surface area contributed by atoms with Gasteiger partial charge < -0.3 is 9.47 Å². The first kappa shape index (κ1) is 16.6. The molecular weight excluding hydrogens is 308 g/mol. The Morgan fingerprint density at radius 1 is 0.960 bits per heavy atom. The van der Waals surface area contributed by atoms with Crippen LogP contribution in [0.5, 0.6) is 0 Å². The van der Waals surface area contributed by atoms with E-state index in [1.165, 1.54) is 22.3 Å². The number of fused-ring (bicyclic) bond motifs is 1. The highest BCUT2D eigenvalue weighted by molar-refractivity contribution is 5.39. The fourth-order valence-electron chi connectivity index (χ4n) is 4.32. The minimum absolute atomic E-state index is 0.101. The van der Waals surface area contributed by atoms with Gasteiger partial charge in [0.25, 0.3) is 0 Å². The first-order valence-corrected chi connectivity index (χ1v) is 9.21. The fraction of sp³-hybridized carbons (Fsp3) is 0.391. The number of hydrogen-bond donors (Lipinski definition) is 0. The molecule has 1 saturated heterocycles. The molecule has 0 spiro atoms. The molecule has 2 aliphatic rings. The molecule has 2 fully saturated rings. The Balaban J connectivity index is 1.43. The Bertz CT molecular complexity index is 731. The van der Waals surface area contributed by atoms with E-state index in [-0.39, 0.29) is 6.10 Å². The number of rotatable bonds is 5. The van der Waals surface area contributed by atoms with E-state index in [4.69, 9.17) is 9.47 Å². The fourth-order valence-corrected chi connectivity index (χ4v) is 4.32. The monoisotopic (exact) mass is 334 g/mol. The number of benzene rings is 2. The molecule has 2 nitrogen and oxygen atoms in total. The zero-order valence-corrected chi connectivity index (χ0v) is 15.0. The molecule has 2 heteroatoms. The Kier molecular flexibility index (Phi) is 4.74. The molecule has 0 radical (unpaired) electrons. The highest BCUT2D eigenvalue weighted by atomic mass is 16.5. The Morgan fingerprint density at radius 3 is 2.32 bits per heavy atom. The Labute approximate surface area is 150 Å². The van der Waals surface area contributed by atoms with E-state index in [2.05, 4.69) is 68.4 Å². The quantitative estimate of drug-likeness (QED) is 0.719. The molecule has 0 N–H and O–H groups in total. The van der Waals surface area contributed by atoms with E-state index in [1.807, 2.05) is 6.07 Å². The highest BCUT2D eigenvalue weighted by Crippen LogP contribution is 2.61. The standard InChI is InChI=1S/C23H26O2/c1-16(2)21-20(15-24-13-17-9-5-3-6-10-17)25-14-19-22(23(19)21)18-11-7-4-8-12-18/h3-12,19-20,22-23H,13-15H2,1-2H3/t19-,20-,22-,23+/m0/s1. The van der Waals surface area contributed by atoms with Crippen LogP contribution in [0, 0.1) is 11.8 Å². The maximum Gasteiger partial charge on any atom is 0.102 e. The van der Waals surface area contributed by atoms with Crippen molar-refractivity contribution >= 4 is 0 Å². The van der Waals surface area contributed by atoms with Gasteiger partial charge in [0.2, 0.25) is 0 Å². The molecule has 0 unspecified atom stereocenters. The van der Waals surface area contributed by atoms with Crippen molar-refractivity contribution in [3.05, 3.63) is 82.9 Å². The first-order valence-electron chi connectivity index (χ1n) is 9.21. The topological polar surface area (TPSA) is 18.5 Å². The van der Waals surface area contributed by atoms with Crippen molar-refractivity contribution in [2.75, 3.05) is 13.2 Å². The molecule has 2 aromatic carbocycles. The molecular formula is C23H26O2. The third-order valence-corrected chi connectivity index (χ3v) is 5.51.